The number of hydrogen-bond acceptors (Lipinski definition) is 5. The van der Waals surface area contributed by atoms with Crippen LogP contribution >= 0.6 is 0 Å². The van der Waals surface area contributed by atoms with Crippen LogP contribution < -0.4 is 9.46 Å². The van der Waals surface area contributed by atoms with E-state index < -0.39 is 15.6 Å². The molecule has 0 bridgehead atoms. The minimum atomic E-state index is -3.75. The molecule has 7 heteroatoms. The van der Waals surface area contributed by atoms with Crippen molar-refractivity contribution in [2.45, 2.75) is 57.6 Å². The molecule has 2 aromatic rings. The third kappa shape index (κ3) is 3.06. The van der Waals surface area contributed by atoms with E-state index in [1.54, 1.807) is 13.8 Å². The van der Waals surface area contributed by atoms with E-state index in [9.17, 15) is 8.42 Å². The zero-order chi connectivity index (χ0) is 17.7. The van der Waals surface area contributed by atoms with E-state index in [-0.39, 0.29) is 16.7 Å². The highest BCUT2D eigenvalue weighted by Gasteiger charge is 2.37. The lowest BCUT2D eigenvalue weighted by Crippen LogP contribution is -2.41. The molecule has 0 spiro atoms. The van der Waals surface area contributed by atoms with Gasteiger partial charge in [0.1, 0.15) is 21.9 Å². The Kier molecular flexibility index (Phi) is 3.96. The number of fused-ring (bicyclic) bond motifs is 1. The van der Waals surface area contributed by atoms with Gasteiger partial charge in [0, 0.05) is 12.0 Å². The number of hydrogen-bond donors (Lipinski definition) is 1. The van der Waals surface area contributed by atoms with Crippen molar-refractivity contribution in [2.24, 2.45) is 0 Å². The molecule has 1 aliphatic heterocycles. The fourth-order valence-electron chi connectivity index (χ4n) is 3.18. The first-order valence-corrected chi connectivity index (χ1v) is 9.32. The van der Waals surface area contributed by atoms with E-state index >= 15 is 0 Å². The standard InChI is InChI=1S/C17H22N2O4S/c1-10-6-7-15-13(8-10)14(9-17(4,5)22-15)19-24(20,21)16-11(2)18-23-12(16)3/h6-8,14,19H,9H2,1-5H3/t14-/m0/s1. The first kappa shape index (κ1) is 17.0. The van der Waals surface area contributed by atoms with Gasteiger partial charge in [-0.1, -0.05) is 22.9 Å². The summed E-state index contributed by atoms with van der Waals surface area (Å²) in [5.74, 6) is 0.999. The second-order valence-corrected chi connectivity index (χ2v) is 8.59. The summed E-state index contributed by atoms with van der Waals surface area (Å²) in [7, 11) is -3.75. The fraction of sp³-hybridized carbons (Fsp3) is 0.471. The highest BCUT2D eigenvalue weighted by Crippen LogP contribution is 2.40. The molecule has 1 aliphatic rings. The minimum absolute atomic E-state index is 0.112. The van der Waals surface area contributed by atoms with Crippen molar-refractivity contribution >= 4 is 10.0 Å². The van der Waals surface area contributed by atoms with Crippen LogP contribution in [0.4, 0.5) is 0 Å². The molecule has 3 rings (SSSR count). The minimum Gasteiger partial charge on any atom is -0.487 e. The van der Waals surface area contributed by atoms with Gasteiger partial charge in [0.2, 0.25) is 10.0 Å². The van der Waals surface area contributed by atoms with Crippen molar-refractivity contribution < 1.29 is 17.7 Å². The summed E-state index contributed by atoms with van der Waals surface area (Å²) in [6.45, 7) is 9.09. The number of nitrogens with zero attached hydrogens (tertiary/aromatic N) is 1. The van der Waals surface area contributed by atoms with Crippen molar-refractivity contribution in [3.8, 4) is 5.75 Å². The Morgan fingerprint density at radius 1 is 1.25 bits per heavy atom. The Morgan fingerprint density at radius 2 is 1.96 bits per heavy atom. The van der Waals surface area contributed by atoms with E-state index in [0.717, 1.165) is 11.1 Å². The Hall–Kier alpha value is -1.86. The topological polar surface area (TPSA) is 81.4 Å². The predicted molar refractivity (Wildman–Crippen MR) is 89.5 cm³/mol. The Balaban J connectivity index is 2.02. The lowest BCUT2D eigenvalue weighted by Gasteiger charge is -2.37. The number of aromatic nitrogens is 1. The molecule has 2 heterocycles. The van der Waals surface area contributed by atoms with Crippen LogP contribution in [0.2, 0.25) is 0 Å². The van der Waals surface area contributed by atoms with Gasteiger partial charge in [-0.3, -0.25) is 0 Å². The van der Waals surface area contributed by atoms with Crippen LogP contribution in [-0.4, -0.2) is 19.2 Å². The lowest BCUT2D eigenvalue weighted by molar-refractivity contribution is 0.0701. The smallest absolute Gasteiger partial charge is 0.246 e. The fourth-order valence-corrected chi connectivity index (χ4v) is 4.73. The Morgan fingerprint density at radius 3 is 2.58 bits per heavy atom. The van der Waals surface area contributed by atoms with Crippen LogP contribution in [0.3, 0.4) is 0 Å². The van der Waals surface area contributed by atoms with Crippen molar-refractivity contribution in [1.29, 1.82) is 0 Å². The monoisotopic (exact) mass is 350 g/mol. The number of benzene rings is 1. The second-order valence-electron chi connectivity index (χ2n) is 6.93. The maximum Gasteiger partial charge on any atom is 0.246 e. The molecule has 0 amide bonds. The molecule has 1 atom stereocenters. The molecular weight excluding hydrogens is 328 g/mol. The highest BCUT2D eigenvalue weighted by molar-refractivity contribution is 7.89. The molecule has 130 valence electrons. The maximum absolute atomic E-state index is 12.9. The molecule has 1 aromatic heterocycles. The molecule has 6 nitrogen and oxygen atoms in total. The molecule has 0 unspecified atom stereocenters. The number of aryl methyl sites for hydroxylation is 3. The number of nitrogens with one attached hydrogen (secondary N) is 1. The number of ether oxygens (including phenoxy) is 1. The third-order valence-electron chi connectivity index (χ3n) is 4.16. The van der Waals surface area contributed by atoms with Gasteiger partial charge >= 0.3 is 0 Å². The molecular formula is C17H22N2O4S. The third-order valence-corrected chi connectivity index (χ3v) is 5.87. The van der Waals surface area contributed by atoms with Gasteiger partial charge in [-0.15, -0.1) is 0 Å². The van der Waals surface area contributed by atoms with Crippen molar-refractivity contribution in [3.63, 3.8) is 0 Å². The van der Waals surface area contributed by atoms with Gasteiger partial charge in [-0.2, -0.15) is 0 Å². The average Bonchev–Trinajstić information content (AvgIpc) is 2.78. The van der Waals surface area contributed by atoms with Gasteiger partial charge in [0.05, 0.1) is 6.04 Å². The number of rotatable bonds is 3. The van der Waals surface area contributed by atoms with Crippen LogP contribution in [0.1, 0.15) is 48.9 Å². The van der Waals surface area contributed by atoms with Crippen LogP contribution in [0.25, 0.3) is 0 Å². The normalized spacial score (nSPS) is 19.6. The summed E-state index contributed by atoms with van der Waals surface area (Å²) >= 11 is 0. The summed E-state index contributed by atoms with van der Waals surface area (Å²) in [4.78, 5) is 0.112. The first-order chi connectivity index (χ1) is 11.1. The van der Waals surface area contributed by atoms with Crippen LogP contribution in [-0.2, 0) is 10.0 Å². The first-order valence-electron chi connectivity index (χ1n) is 7.84. The van der Waals surface area contributed by atoms with E-state index in [2.05, 4.69) is 9.88 Å². The molecule has 24 heavy (non-hydrogen) atoms. The van der Waals surface area contributed by atoms with Gasteiger partial charge in [0.25, 0.3) is 0 Å². The van der Waals surface area contributed by atoms with Crippen LogP contribution in [0, 0.1) is 20.8 Å². The summed E-state index contributed by atoms with van der Waals surface area (Å²) in [6.07, 6.45) is 0.534. The quantitative estimate of drug-likeness (QED) is 0.919. The molecule has 0 radical (unpaired) electrons. The van der Waals surface area contributed by atoms with Crippen molar-refractivity contribution in [1.82, 2.24) is 9.88 Å². The summed E-state index contributed by atoms with van der Waals surface area (Å²) in [5, 5.41) is 3.74. The summed E-state index contributed by atoms with van der Waals surface area (Å²) in [6, 6.07) is 5.44. The SMILES string of the molecule is Cc1ccc2c(c1)[C@@H](NS(=O)(=O)c1c(C)noc1C)CC(C)(C)O2. The van der Waals surface area contributed by atoms with E-state index in [1.165, 1.54) is 0 Å². The van der Waals surface area contributed by atoms with Gasteiger partial charge in [0.15, 0.2) is 5.76 Å². The predicted octanol–water partition coefficient (Wildman–Crippen LogP) is 3.18. The molecule has 0 saturated heterocycles. The number of sulfonamides is 1. The van der Waals surface area contributed by atoms with Crippen LogP contribution in [0.15, 0.2) is 27.6 Å². The van der Waals surface area contributed by atoms with Crippen molar-refractivity contribution in [3.05, 3.63) is 40.8 Å². The van der Waals surface area contributed by atoms with Crippen molar-refractivity contribution in [2.75, 3.05) is 0 Å². The summed E-state index contributed by atoms with van der Waals surface area (Å²) in [5.41, 5.74) is 1.80. The van der Waals surface area contributed by atoms with E-state index in [1.807, 2.05) is 39.0 Å². The van der Waals surface area contributed by atoms with Gasteiger partial charge < -0.3 is 9.26 Å². The highest BCUT2D eigenvalue weighted by atomic mass is 32.2. The largest absolute Gasteiger partial charge is 0.487 e. The lowest BCUT2D eigenvalue weighted by atomic mass is 9.89. The summed E-state index contributed by atoms with van der Waals surface area (Å²) < 4.78 is 39.5. The Labute approximate surface area is 142 Å². The zero-order valence-electron chi connectivity index (χ0n) is 14.5. The molecule has 1 N–H and O–H groups in total. The van der Waals surface area contributed by atoms with Gasteiger partial charge in [-0.25, -0.2) is 13.1 Å². The van der Waals surface area contributed by atoms with Gasteiger partial charge in [-0.05, 0) is 40.7 Å². The second kappa shape index (κ2) is 5.60. The molecule has 1 aromatic carbocycles. The Bertz CT molecular complexity index is 864. The van der Waals surface area contributed by atoms with E-state index in [4.69, 9.17) is 9.26 Å². The average molecular weight is 350 g/mol. The molecule has 0 fully saturated rings. The van der Waals surface area contributed by atoms with E-state index in [0.29, 0.717) is 17.9 Å². The molecule has 0 aliphatic carbocycles. The molecule has 0 saturated carbocycles. The maximum atomic E-state index is 12.9. The zero-order valence-corrected chi connectivity index (χ0v) is 15.3. The van der Waals surface area contributed by atoms with Crippen LogP contribution in [0.5, 0.6) is 5.75 Å².